The van der Waals surface area contributed by atoms with E-state index in [1.54, 1.807) is 0 Å². The average molecular weight is 246 g/mol. The normalized spacial score (nSPS) is 12.8. The minimum Gasteiger partial charge on any atom is -0.313 e. The molecule has 2 rings (SSSR count). The van der Waals surface area contributed by atoms with Crippen LogP contribution in [0.3, 0.4) is 0 Å². The zero-order valence-electron chi connectivity index (χ0n) is 10.3. The van der Waals surface area contributed by atoms with Gasteiger partial charge in [0.2, 0.25) is 0 Å². The fourth-order valence-electron chi connectivity index (χ4n) is 2.13. The summed E-state index contributed by atoms with van der Waals surface area (Å²) in [6.07, 6.45) is 7.11. The molecule has 0 bridgehead atoms. The number of rotatable bonds is 5. The number of thioether (sulfide) groups is 1. The van der Waals surface area contributed by atoms with E-state index >= 15 is 0 Å². The molecule has 17 heavy (non-hydrogen) atoms. The molecule has 2 aromatic rings. The Morgan fingerprint density at radius 3 is 3.00 bits per heavy atom. The van der Waals surface area contributed by atoms with Crippen molar-refractivity contribution in [1.82, 2.24) is 10.3 Å². The number of pyridine rings is 1. The number of benzene rings is 1. The second-order valence-corrected chi connectivity index (χ2v) is 5.05. The van der Waals surface area contributed by atoms with Crippen molar-refractivity contribution < 1.29 is 0 Å². The zero-order valence-corrected chi connectivity index (χ0v) is 11.1. The molecule has 1 atom stereocenters. The summed E-state index contributed by atoms with van der Waals surface area (Å²) in [5.74, 6) is 1.17. The van der Waals surface area contributed by atoms with Crippen molar-refractivity contribution in [1.29, 1.82) is 0 Å². The molecule has 0 fully saturated rings. The van der Waals surface area contributed by atoms with Gasteiger partial charge in [-0.1, -0.05) is 18.2 Å². The summed E-state index contributed by atoms with van der Waals surface area (Å²) in [6, 6.07) is 8.95. The van der Waals surface area contributed by atoms with Crippen LogP contribution in [-0.2, 0) is 0 Å². The summed E-state index contributed by atoms with van der Waals surface area (Å²) >= 11 is 1.89. The van der Waals surface area contributed by atoms with Gasteiger partial charge in [0.25, 0.3) is 0 Å². The predicted molar refractivity (Wildman–Crippen MR) is 76.5 cm³/mol. The Morgan fingerprint density at radius 1 is 1.35 bits per heavy atom. The van der Waals surface area contributed by atoms with Gasteiger partial charge in [-0.3, -0.25) is 4.98 Å². The van der Waals surface area contributed by atoms with Crippen molar-refractivity contribution in [3.8, 4) is 0 Å². The maximum Gasteiger partial charge on any atom is 0.0349 e. The lowest BCUT2D eigenvalue weighted by Crippen LogP contribution is -2.17. The zero-order chi connectivity index (χ0) is 12.1. The van der Waals surface area contributed by atoms with Crippen LogP contribution >= 0.6 is 11.8 Å². The van der Waals surface area contributed by atoms with E-state index in [2.05, 4.69) is 40.8 Å². The van der Waals surface area contributed by atoms with Crippen LogP contribution in [0.4, 0.5) is 0 Å². The molecular weight excluding hydrogens is 228 g/mol. The monoisotopic (exact) mass is 246 g/mol. The van der Waals surface area contributed by atoms with Crippen LogP contribution in [0.1, 0.15) is 18.0 Å². The first-order valence-electron chi connectivity index (χ1n) is 5.85. The van der Waals surface area contributed by atoms with Gasteiger partial charge >= 0.3 is 0 Å². The van der Waals surface area contributed by atoms with Crippen LogP contribution in [0.25, 0.3) is 10.8 Å². The van der Waals surface area contributed by atoms with Crippen molar-refractivity contribution in [2.24, 2.45) is 0 Å². The molecule has 1 aromatic carbocycles. The van der Waals surface area contributed by atoms with Crippen molar-refractivity contribution in [3.05, 3.63) is 42.2 Å². The van der Waals surface area contributed by atoms with E-state index in [1.807, 2.05) is 31.2 Å². The first kappa shape index (κ1) is 12.4. The van der Waals surface area contributed by atoms with Gasteiger partial charge < -0.3 is 5.32 Å². The molecule has 2 nitrogen and oxygen atoms in total. The lowest BCUT2D eigenvalue weighted by Gasteiger charge is -2.18. The molecule has 0 aliphatic rings. The Kier molecular flexibility index (Phi) is 4.40. The van der Waals surface area contributed by atoms with Crippen LogP contribution in [-0.4, -0.2) is 24.0 Å². The van der Waals surface area contributed by atoms with E-state index in [0.717, 1.165) is 6.42 Å². The molecule has 1 aromatic heterocycles. The predicted octanol–water partition coefficient (Wildman–Crippen LogP) is 3.25. The lowest BCUT2D eigenvalue weighted by molar-refractivity contribution is 0.585. The second kappa shape index (κ2) is 6.03. The van der Waals surface area contributed by atoms with E-state index in [-0.39, 0.29) is 0 Å². The fourth-order valence-corrected chi connectivity index (χ4v) is 2.60. The number of nitrogens with one attached hydrogen (secondary N) is 1. The standard InChI is InChI=1S/C14H18N2S/c1-15-14(7-9-17-2)12-5-3-4-11-6-8-16-10-13(11)12/h3-6,8,10,14-15H,7,9H2,1-2H3. The average Bonchev–Trinajstić information content (AvgIpc) is 2.40. The summed E-state index contributed by atoms with van der Waals surface area (Å²) in [7, 11) is 2.03. The fraction of sp³-hybridized carbons (Fsp3) is 0.357. The molecule has 0 aliphatic carbocycles. The van der Waals surface area contributed by atoms with Gasteiger partial charge in [-0.2, -0.15) is 11.8 Å². The summed E-state index contributed by atoms with van der Waals surface area (Å²) in [4.78, 5) is 4.24. The minimum atomic E-state index is 0.412. The number of hydrogen-bond acceptors (Lipinski definition) is 3. The van der Waals surface area contributed by atoms with Crippen molar-refractivity contribution in [2.75, 3.05) is 19.1 Å². The highest BCUT2D eigenvalue weighted by molar-refractivity contribution is 7.98. The van der Waals surface area contributed by atoms with E-state index in [9.17, 15) is 0 Å². The Morgan fingerprint density at radius 2 is 2.24 bits per heavy atom. The van der Waals surface area contributed by atoms with E-state index < -0.39 is 0 Å². The Balaban J connectivity index is 2.38. The van der Waals surface area contributed by atoms with Gasteiger partial charge in [0, 0.05) is 23.8 Å². The number of aromatic nitrogens is 1. The van der Waals surface area contributed by atoms with Crippen LogP contribution < -0.4 is 5.32 Å². The second-order valence-electron chi connectivity index (χ2n) is 4.07. The molecule has 0 spiro atoms. The van der Waals surface area contributed by atoms with Gasteiger partial charge in [-0.15, -0.1) is 0 Å². The third-order valence-electron chi connectivity index (χ3n) is 3.05. The third kappa shape index (κ3) is 2.79. The molecule has 90 valence electrons. The molecule has 3 heteroatoms. The first-order valence-corrected chi connectivity index (χ1v) is 7.25. The molecule has 1 unspecified atom stereocenters. The molecule has 0 amide bonds. The maximum atomic E-state index is 4.24. The highest BCUT2D eigenvalue weighted by atomic mass is 32.2. The van der Waals surface area contributed by atoms with Gasteiger partial charge in [-0.05, 0) is 42.5 Å². The van der Waals surface area contributed by atoms with E-state index in [0.29, 0.717) is 6.04 Å². The SMILES string of the molecule is CNC(CCSC)c1cccc2ccncc12. The lowest BCUT2D eigenvalue weighted by atomic mass is 9.99. The first-order chi connectivity index (χ1) is 8.36. The minimum absolute atomic E-state index is 0.412. The van der Waals surface area contributed by atoms with E-state index in [4.69, 9.17) is 0 Å². The summed E-state index contributed by atoms with van der Waals surface area (Å²) in [5.41, 5.74) is 1.35. The molecule has 0 aliphatic heterocycles. The van der Waals surface area contributed by atoms with Gasteiger partial charge in [-0.25, -0.2) is 0 Å². The number of nitrogens with zero attached hydrogens (tertiary/aromatic N) is 1. The van der Waals surface area contributed by atoms with Crippen LogP contribution in [0, 0.1) is 0 Å². The molecular formula is C14H18N2S. The van der Waals surface area contributed by atoms with Crippen molar-refractivity contribution in [2.45, 2.75) is 12.5 Å². The molecule has 1 heterocycles. The highest BCUT2D eigenvalue weighted by Gasteiger charge is 2.11. The Labute approximate surface area is 107 Å². The van der Waals surface area contributed by atoms with Gasteiger partial charge in [0.1, 0.15) is 0 Å². The number of hydrogen-bond donors (Lipinski definition) is 1. The molecule has 1 N–H and O–H groups in total. The van der Waals surface area contributed by atoms with Crippen molar-refractivity contribution in [3.63, 3.8) is 0 Å². The van der Waals surface area contributed by atoms with E-state index in [1.165, 1.54) is 22.1 Å². The topological polar surface area (TPSA) is 24.9 Å². The van der Waals surface area contributed by atoms with Crippen LogP contribution in [0.2, 0.25) is 0 Å². The third-order valence-corrected chi connectivity index (χ3v) is 3.70. The van der Waals surface area contributed by atoms with Crippen LogP contribution in [0.5, 0.6) is 0 Å². The highest BCUT2D eigenvalue weighted by Crippen LogP contribution is 2.26. The number of fused-ring (bicyclic) bond motifs is 1. The quantitative estimate of drug-likeness (QED) is 0.876. The van der Waals surface area contributed by atoms with Gasteiger partial charge in [0.05, 0.1) is 0 Å². The summed E-state index contributed by atoms with van der Waals surface area (Å²) in [6.45, 7) is 0. The van der Waals surface area contributed by atoms with Gasteiger partial charge in [0.15, 0.2) is 0 Å². The Hall–Kier alpha value is -1.06. The summed E-state index contributed by atoms with van der Waals surface area (Å²) < 4.78 is 0. The van der Waals surface area contributed by atoms with Crippen molar-refractivity contribution >= 4 is 22.5 Å². The van der Waals surface area contributed by atoms with Crippen LogP contribution in [0.15, 0.2) is 36.7 Å². The largest absolute Gasteiger partial charge is 0.313 e. The molecule has 0 saturated carbocycles. The molecule has 0 saturated heterocycles. The smallest absolute Gasteiger partial charge is 0.0349 e. The maximum absolute atomic E-state index is 4.24. The Bertz CT molecular complexity index is 479. The summed E-state index contributed by atoms with van der Waals surface area (Å²) in [5, 5.41) is 5.93. The molecule has 0 radical (unpaired) electrons.